The van der Waals surface area contributed by atoms with Gasteiger partial charge in [-0.2, -0.15) is 0 Å². The molecule has 22 heavy (non-hydrogen) atoms. The van der Waals surface area contributed by atoms with Gasteiger partial charge in [-0.05, 0) is 42.2 Å². The highest BCUT2D eigenvalue weighted by atomic mass is 19.1. The van der Waals surface area contributed by atoms with E-state index in [4.69, 9.17) is 0 Å². The van der Waals surface area contributed by atoms with Crippen LogP contribution in [0.2, 0.25) is 0 Å². The van der Waals surface area contributed by atoms with E-state index in [1.165, 1.54) is 12.1 Å². The van der Waals surface area contributed by atoms with Crippen molar-refractivity contribution >= 4 is 11.6 Å². The highest BCUT2D eigenvalue weighted by Crippen LogP contribution is 2.33. The van der Waals surface area contributed by atoms with Crippen LogP contribution < -0.4 is 4.90 Å². The van der Waals surface area contributed by atoms with Crippen molar-refractivity contribution in [1.82, 2.24) is 0 Å². The van der Waals surface area contributed by atoms with Gasteiger partial charge in [-0.3, -0.25) is 4.79 Å². The third-order valence-electron chi connectivity index (χ3n) is 4.12. The molecule has 114 valence electrons. The lowest BCUT2D eigenvalue weighted by atomic mass is 10.0. The highest BCUT2D eigenvalue weighted by Gasteiger charge is 2.27. The van der Waals surface area contributed by atoms with E-state index in [0.717, 1.165) is 29.7 Å². The number of amides is 1. The van der Waals surface area contributed by atoms with E-state index in [2.05, 4.69) is 0 Å². The Balaban J connectivity index is 2.02. The summed E-state index contributed by atoms with van der Waals surface area (Å²) in [6.07, 6.45) is 1.57. The smallest absolute Gasteiger partial charge is 0.230 e. The van der Waals surface area contributed by atoms with Crippen molar-refractivity contribution < 1.29 is 14.3 Å². The van der Waals surface area contributed by atoms with Gasteiger partial charge >= 0.3 is 0 Å². The summed E-state index contributed by atoms with van der Waals surface area (Å²) in [6, 6.07) is 11.4. The van der Waals surface area contributed by atoms with Crippen LogP contribution in [0, 0.1) is 11.7 Å². The molecule has 0 aliphatic carbocycles. The van der Waals surface area contributed by atoms with Gasteiger partial charge in [0.25, 0.3) is 0 Å². The molecule has 4 heteroatoms. The van der Waals surface area contributed by atoms with Crippen molar-refractivity contribution in [2.75, 3.05) is 4.90 Å². The predicted molar refractivity (Wildman–Crippen MR) is 83.2 cm³/mol. The van der Waals surface area contributed by atoms with E-state index < -0.39 is 0 Å². The molecule has 1 atom stereocenters. The molecule has 0 spiro atoms. The molecule has 0 saturated heterocycles. The minimum Gasteiger partial charge on any atom is -0.508 e. The fourth-order valence-corrected chi connectivity index (χ4v) is 2.88. The first-order chi connectivity index (χ1) is 10.5. The number of rotatable bonds is 2. The molecule has 1 unspecified atom stereocenters. The summed E-state index contributed by atoms with van der Waals surface area (Å²) < 4.78 is 13.4. The van der Waals surface area contributed by atoms with Crippen LogP contribution in [0.25, 0.3) is 0 Å². The van der Waals surface area contributed by atoms with Gasteiger partial charge in [0.15, 0.2) is 0 Å². The number of nitrogens with zero attached hydrogens (tertiary/aromatic N) is 1. The number of phenols is 1. The third-order valence-corrected chi connectivity index (χ3v) is 4.12. The molecule has 0 aromatic heterocycles. The van der Waals surface area contributed by atoms with E-state index in [-0.39, 0.29) is 23.4 Å². The predicted octanol–water partition coefficient (Wildman–Crippen LogP) is 3.65. The largest absolute Gasteiger partial charge is 0.508 e. The Kier molecular flexibility index (Phi) is 3.84. The summed E-state index contributed by atoms with van der Waals surface area (Å²) in [4.78, 5) is 14.3. The lowest BCUT2D eigenvalue weighted by Gasteiger charge is -2.25. The molecule has 0 saturated carbocycles. The van der Waals surface area contributed by atoms with Crippen molar-refractivity contribution in [2.45, 2.75) is 26.3 Å². The zero-order valence-corrected chi connectivity index (χ0v) is 12.4. The van der Waals surface area contributed by atoms with Crippen LogP contribution >= 0.6 is 0 Å². The van der Waals surface area contributed by atoms with Crippen molar-refractivity contribution in [1.29, 1.82) is 0 Å². The van der Waals surface area contributed by atoms with Crippen LogP contribution in [0.15, 0.2) is 42.5 Å². The number of phenolic OH excluding ortho intramolecular Hbond substituents is 1. The van der Waals surface area contributed by atoms with Gasteiger partial charge in [0.2, 0.25) is 5.91 Å². The van der Waals surface area contributed by atoms with Gasteiger partial charge in [-0.15, -0.1) is 0 Å². The first kappa shape index (κ1) is 14.6. The number of fused-ring (bicyclic) bond motifs is 1. The minimum absolute atomic E-state index is 0.00797. The van der Waals surface area contributed by atoms with Crippen LogP contribution in [0.1, 0.15) is 24.5 Å². The molecule has 2 aromatic carbocycles. The van der Waals surface area contributed by atoms with E-state index >= 15 is 0 Å². The summed E-state index contributed by atoms with van der Waals surface area (Å²) in [5, 5.41) is 9.76. The second-order valence-corrected chi connectivity index (χ2v) is 5.81. The highest BCUT2D eigenvalue weighted by molar-refractivity contribution is 5.96. The first-order valence-electron chi connectivity index (χ1n) is 7.42. The van der Waals surface area contributed by atoms with E-state index in [9.17, 15) is 14.3 Å². The number of hydrogen-bond donors (Lipinski definition) is 1. The summed E-state index contributed by atoms with van der Waals surface area (Å²) in [5.41, 5.74) is 2.49. The Morgan fingerprint density at radius 3 is 2.86 bits per heavy atom. The summed E-state index contributed by atoms with van der Waals surface area (Å²) in [5.74, 6) is -0.272. The van der Waals surface area contributed by atoms with Crippen LogP contribution in [0.4, 0.5) is 10.1 Å². The number of hydrogen-bond acceptors (Lipinski definition) is 2. The van der Waals surface area contributed by atoms with Crippen LogP contribution in [0.3, 0.4) is 0 Å². The number of carbonyl (C=O) groups is 1. The number of carbonyl (C=O) groups excluding carboxylic acids is 1. The molecule has 2 aromatic rings. The second kappa shape index (κ2) is 5.79. The van der Waals surface area contributed by atoms with Gasteiger partial charge < -0.3 is 10.0 Å². The normalized spacial score (nSPS) is 18.0. The molecule has 1 heterocycles. The van der Waals surface area contributed by atoms with Gasteiger partial charge in [-0.25, -0.2) is 4.39 Å². The Labute approximate surface area is 129 Å². The monoisotopic (exact) mass is 299 g/mol. The van der Waals surface area contributed by atoms with Crippen LogP contribution in [0.5, 0.6) is 5.75 Å². The van der Waals surface area contributed by atoms with Crippen molar-refractivity contribution in [3.63, 3.8) is 0 Å². The third kappa shape index (κ3) is 2.82. The molecule has 0 bridgehead atoms. The SMILES string of the molecule is CC1CCc2ccc(O)cc2N(Cc2cccc(F)c2)C1=O. The molecule has 3 rings (SSSR count). The Morgan fingerprint density at radius 1 is 1.27 bits per heavy atom. The number of anilines is 1. The Bertz CT molecular complexity index is 714. The van der Waals surface area contributed by atoms with Gasteiger partial charge in [0.1, 0.15) is 11.6 Å². The molecular weight excluding hydrogens is 281 g/mol. The average Bonchev–Trinajstić information content (AvgIpc) is 2.60. The molecule has 0 radical (unpaired) electrons. The zero-order valence-electron chi connectivity index (χ0n) is 12.4. The number of benzene rings is 2. The molecule has 0 fully saturated rings. The summed E-state index contributed by atoms with van der Waals surface area (Å²) in [6.45, 7) is 2.21. The first-order valence-corrected chi connectivity index (χ1v) is 7.42. The fraction of sp³-hybridized carbons (Fsp3) is 0.278. The van der Waals surface area contributed by atoms with E-state index in [1.54, 1.807) is 29.2 Å². The van der Waals surface area contributed by atoms with Gasteiger partial charge in [0, 0.05) is 12.0 Å². The minimum atomic E-state index is -0.316. The summed E-state index contributed by atoms with van der Waals surface area (Å²) >= 11 is 0. The Morgan fingerprint density at radius 2 is 2.09 bits per heavy atom. The molecule has 1 N–H and O–H groups in total. The van der Waals surface area contributed by atoms with Gasteiger partial charge in [0.05, 0.1) is 12.2 Å². The molecule has 3 nitrogen and oxygen atoms in total. The van der Waals surface area contributed by atoms with Crippen molar-refractivity contribution in [3.8, 4) is 5.75 Å². The van der Waals surface area contributed by atoms with Crippen LogP contribution in [-0.2, 0) is 17.8 Å². The maximum absolute atomic E-state index is 13.4. The standard InChI is InChI=1S/C18H18FNO2/c1-12-5-6-14-7-8-16(21)10-17(14)20(18(12)22)11-13-3-2-4-15(19)9-13/h2-4,7-10,12,21H,5-6,11H2,1H3. The zero-order chi connectivity index (χ0) is 15.7. The van der Waals surface area contributed by atoms with Gasteiger partial charge in [-0.1, -0.05) is 25.1 Å². The second-order valence-electron chi connectivity index (χ2n) is 5.81. The molecular formula is C18H18FNO2. The van der Waals surface area contributed by atoms with E-state index in [0.29, 0.717) is 6.54 Å². The van der Waals surface area contributed by atoms with Crippen molar-refractivity contribution in [3.05, 3.63) is 59.4 Å². The molecule has 1 aliphatic rings. The average molecular weight is 299 g/mol. The number of aromatic hydroxyl groups is 1. The topological polar surface area (TPSA) is 40.5 Å². The lowest BCUT2D eigenvalue weighted by Crippen LogP contribution is -2.33. The fourth-order valence-electron chi connectivity index (χ4n) is 2.88. The Hall–Kier alpha value is -2.36. The molecule has 1 aliphatic heterocycles. The number of aryl methyl sites for hydroxylation is 1. The van der Waals surface area contributed by atoms with E-state index in [1.807, 2.05) is 13.0 Å². The lowest BCUT2D eigenvalue weighted by molar-refractivity contribution is -0.122. The quantitative estimate of drug-likeness (QED) is 0.919. The van der Waals surface area contributed by atoms with Crippen LogP contribution in [-0.4, -0.2) is 11.0 Å². The van der Waals surface area contributed by atoms with Crippen molar-refractivity contribution in [2.24, 2.45) is 5.92 Å². The maximum atomic E-state index is 13.4. The summed E-state index contributed by atoms with van der Waals surface area (Å²) in [7, 11) is 0. The maximum Gasteiger partial charge on any atom is 0.230 e. The molecule has 1 amide bonds. The number of halogens is 1.